The first kappa shape index (κ1) is 9.97. The molecule has 0 aromatic heterocycles. The normalized spacial score (nSPS) is 10.5. The summed E-state index contributed by atoms with van der Waals surface area (Å²) in [5.74, 6) is 0. The van der Waals surface area contributed by atoms with Gasteiger partial charge in [-0.2, -0.15) is 0 Å². The Hall–Kier alpha value is -1.56. The monoisotopic (exact) mass is 196 g/mol. The lowest BCUT2D eigenvalue weighted by molar-refractivity contribution is 1.26. The average molecular weight is 196 g/mol. The zero-order chi connectivity index (χ0) is 10.8. The molecule has 0 bridgehead atoms. The molecular weight excluding hydrogens is 180 g/mol. The maximum Gasteiger partial charge on any atom is -0.00939 e. The first-order chi connectivity index (χ1) is 7.24. The third kappa shape index (κ3) is 1.68. The van der Waals surface area contributed by atoms with Gasteiger partial charge in [0.25, 0.3) is 0 Å². The molecule has 0 amide bonds. The van der Waals surface area contributed by atoms with E-state index in [1.54, 1.807) is 0 Å². The maximum absolute atomic E-state index is 3.81. The van der Waals surface area contributed by atoms with Crippen LogP contribution in [0.1, 0.15) is 16.7 Å². The Morgan fingerprint density at radius 2 is 1.80 bits per heavy atom. The lowest BCUT2D eigenvalue weighted by Gasteiger charge is -2.10. The minimum atomic E-state index is 0.946. The highest BCUT2D eigenvalue weighted by Crippen LogP contribution is 2.25. The van der Waals surface area contributed by atoms with Crippen molar-refractivity contribution in [2.24, 2.45) is 0 Å². The molecule has 0 unspecified atom stereocenters. The Morgan fingerprint density at radius 3 is 2.47 bits per heavy atom. The summed E-state index contributed by atoms with van der Waals surface area (Å²) in [5, 5.41) is 2.73. The fraction of sp³-hybridized carbons (Fsp3) is 0.200. The van der Waals surface area contributed by atoms with Gasteiger partial charge in [0.15, 0.2) is 0 Å². The zero-order valence-corrected chi connectivity index (χ0v) is 9.38. The van der Waals surface area contributed by atoms with Gasteiger partial charge in [-0.3, -0.25) is 0 Å². The molecule has 0 heterocycles. The van der Waals surface area contributed by atoms with Crippen molar-refractivity contribution in [3.05, 3.63) is 59.7 Å². The van der Waals surface area contributed by atoms with Crippen LogP contribution in [0.4, 0.5) is 0 Å². The topological polar surface area (TPSA) is 0 Å². The van der Waals surface area contributed by atoms with E-state index >= 15 is 0 Å². The van der Waals surface area contributed by atoms with E-state index in [1.165, 1.54) is 27.5 Å². The van der Waals surface area contributed by atoms with Gasteiger partial charge in [-0.1, -0.05) is 36.4 Å². The van der Waals surface area contributed by atoms with Crippen molar-refractivity contribution in [2.45, 2.75) is 20.3 Å². The molecule has 76 valence electrons. The molecule has 2 rings (SSSR count). The minimum absolute atomic E-state index is 0.946. The molecule has 0 N–H and O–H groups in total. The number of fused-ring (bicyclic) bond motifs is 1. The molecule has 0 spiro atoms. The van der Waals surface area contributed by atoms with Gasteiger partial charge >= 0.3 is 0 Å². The highest BCUT2D eigenvalue weighted by molar-refractivity contribution is 5.89. The third-order valence-electron chi connectivity index (χ3n) is 3.02. The molecule has 0 saturated carbocycles. The van der Waals surface area contributed by atoms with Crippen molar-refractivity contribution < 1.29 is 0 Å². The smallest absolute Gasteiger partial charge is 0.00939 e. The molecule has 0 aliphatic carbocycles. The summed E-state index contributed by atoms with van der Waals surface area (Å²) < 4.78 is 0. The summed E-state index contributed by atoms with van der Waals surface area (Å²) in [7, 11) is 0. The molecule has 15 heavy (non-hydrogen) atoms. The lowest BCUT2D eigenvalue weighted by Crippen LogP contribution is -1.90. The van der Waals surface area contributed by atoms with Crippen molar-refractivity contribution in [2.75, 3.05) is 0 Å². The van der Waals surface area contributed by atoms with E-state index < -0.39 is 0 Å². The molecule has 0 heteroatoms. The molecule has 0 radical (unpaired) electrons. The number of hydrogen-bond acceptors (Lipinski definition) is 0. The Balaban J connectivity index is 2.81. The van der Waals surface area contributed by atoms with Gasteiger partial charge < -0.3 is 0 Å². The van der Waals surface area contributed by atoms with Gasteiger partial charge in [0, 0.05) is 0 Å². The summed E-state index contributed by atoms with van der Waals surface area (Å²) in [5.41, 5.74) is 4.13. The number of aryl methyl sites for hydroxylation is 2. The molecule has 2 aromatic rings. The van der Waals surface area contributed by atoms with E-state index in [1.807, 2.05) is 6.08 Å². The van der Waals surface area contributed by atoms with Gasteiger partial charge in [-0.25, -0.2) is 0 Å². The van der Waals surface area contributed by atoms with E-state index in [9.17, 15) is 0 Å². The number of allylic oxidation sites excluding steroid dienone is 1. The van der Waals surface area contributed by atoms with Gasteiger partial charge in [0.1, 0.15) is 0 Å². The first-order valence-electron chi connectivity index (χ1n) is 5.32. The Kier molecular flexibility index (Phi) is 2.59. The summed E-state index contributed by atoms with van der Waals surface area (Å²) in [6.45, 7) is 8.18. The molecule has 0 atom stereocenters. The SMILES string of the molecule is C=CCc1cc(C)c(C)c2ccccc12. The van der Waals surface area contributed by atoms with Crippen LogP contribution < -0.4 is 0 Å². The van der Waals surface area contributed by atoms with Crippen LogP contribution in [0, 0.1) is 13.8 Å². The fourth-order valence-electron chi connectivity index (χ4n) is 2.07. The summed E-state index contributed by atoms with van der Waals surface area (Å²) in [4.78, 5) is 0. The Bertz CT molecular complexity index is 507. The lowest BCUT2D eigenvalue weighted by atomic mass is 9.95. The molecule has 2 aromatic carbocycles. The van der Waals surface area contributed by atoms with Crippen molar-refractivity contribution in [1.82, 2.24) is 0 Å². The molecule has 0 aliphatic heterocycles. The summed E-state index contributed by atoms with van der Waals surface area (Å²) in [6, 6.07) is 10.9. The predicted molar refractivity (Wildman–Crippen MR) is 67.3 cm³/mol. The van der Waals surface area contributed by atoms with Crippen molar-refractivity contribution in [1.29, 1.82) is 0 Å². The van der Waals surface area contributed by atoms with Crippen LogP contribution in [0.15, 0.2) is 43.0 Å². The van der Waals surface area contributed by atoms with E-state index in [0.29, 0.717) is 0 Å². The largest absolute Gasteiger partial charge is 0.103 e. The van der Waals surface area contributed by atoms with Gasteiger partial charge in [0.2, 0.25) is 0 Å². The van der Waals surface area contributed by atoms with Crippen LogP contribution in [0.5, 0.6) is 0 Å². The van der Waals surface area contributed by atoms with E-state index in [2.05, 4.69) is 50.8 Å². The van der Waals surface area contributed by atoms with Crippen LogP contribution in [0.3, 0.4) is 0 Å². The zero-order valence-electron chi connectivity index (χ0n) is 9.38. The van der Waals surface area contributed by atoms with Crippen molar-refractivity contribution >= 4 is 10.8 Å². The maximum atomic E-state index is 3.81. The highest BCUT2D eigenvalue weighted by Gasteiger charge is 2.04. The van der Waals surface area contributed by atoms with E-state index in [-0.39, 0.29) is 0 Å². The minimum Gasteiger partial charge on any atom is -0.103 e. The Labute approximate surface area is 91.2 Å². The first-order valence-corrected chi connectivity index (χ1v) is 5.32. The van der Waals surface area contributed by atoms with Gasteiger partial charge in [-0.15, -0.1) is 6.58 Å². The number of benzene rings is 2. The van der Waals surface area contributed by atoms with Crippen LogP contribution in [0.2, 0.25) is 0 Å². The molecular formula is C15H16. The molecule has 0 aliphatic rings. The van der Waals surface area contributed by atoms with E-state index in [0.717, 1.165) is 6.42 Å². The van der Waals surface area contributed by atoms with E-state index in [4.69, 9.17) is 0 Å². The van der Waals surface area contributed by atoms with Gasteiger partial charge in [0.05, 0.1) is 0 Å². The predicted octanol–water partition coefficient (Wildman–Crippen LogP) is 4.19. The molecule has 0 fully saturated rings. The van der Waals surface area contributed by atoms with Crippen LogP contribution >= 0.6 is 0 Å². The number of rotatable bonds is 2. The quantitative estimate of drug-likeness (QED) is 0.632. The summed E-state index contributed by atoms with van der Waals surface area (Å²) in [6.07, 6.45) is 2.91. The second kappa shape index (κ2) is 3.90. The molecule has 0 saturated heterocycles. The standard InChI is InChI=1S/C15H16/c1-4-7-13-10-11(2)12(3)14-8-5-6-9-15(13)14/h4-6,8-10H,1,7H2,2-3H3. The average Bonchev–Trinajstić information content (AvgIpc) is 2.26. The van der Waals surface area contributed by atoms with Crippen LogP contribution in [0.25, 0.3) is 10.8 Å². The second-order valence-electron chi connectivity index (χ2n) is 4.02. The van der Waals surface area contributed by atoms with Crippen molar-refractivity contribution in [3.63, 3.8) is 0 Å². The second-order valence-corrected chi connectivity index (χ2v) is 4.02. The van der Waals surface area contributed by atoms with Crippen LogP contribution in [-0.4, -0.2) is 0 Å². The van der Waals surface area contributed by atoms with Crippen LogP contribution in [-0.2, 0) is 6.42 Å². The summed E-state index contributed by atoms with van der Waals surface area (Å²) >= 11 is 0. The number of hydrogen-bond donors (Lipinski definition) is 0. The molecule has 0 nitrogen and oxygen atoms in total. The highest BCUT2D eigenvalue weighted by atomic mass is 14.1. The Morgan fingerprint density at radius 1 is 1.13 bits per heavy atom. The fourth-order valence-corrected chi connectivity index (χ4v) is 2.07. The van der Waals surface area contributed by atoms with Gasteiger partial charge in [-0.05, 0) is 47.7 Å². The van der Waals surface area contributed by atoms with Crippen molar-refractivity contribution in [3.8, 4) is 0 Å². The third-order valence-corrected chi connectivity index (χ3v) is 3.02.